The maximum Gasteiger partial charge on any atom is 0.186 e. The Balaban J connectivity index is 2.66. The van der Waals surface area contributed by atoms with Crippen LogP contribution in [0.2, 0.25) is 0 Å². The molecule has 5 atom stereocenters. The van der Waals surface area contributed by atoms with Crippen molar-refractivity contribution in [2.75, 3.05) is 13.7 Å². The Hall–Kier alpha value is -0.240. The molecule has 6 nitrogen and oxygen atoms in total. The molecule has 1 aliphatic heterocycles. The quantitative estimate of drug-likeness (QED) is 0.386. The lowest BCUT2D eigenvalue weighted by Crippen LogP contribution is -2.58. The van der Waals surface area contributed by atoms with Crippen molar-refractivity contribution >= 4 is 0 Å². The van der Waals surface area contributed by atoms with E-state index in [1.807, 2.05) is 0 Å². The highest BCUT2D eigenvalue weighted by Crippen LogP contribution is 2.20. The Morgan fingerprint density at radius 2 is 1.77 bits per heavy atom. The zero-order valence-electron chi connectivity index (χ0n) is 7.20. The van der Waals surface area contributed by atoms with Crippen molar-refractivity contribution in [2.24, 2.45) is 0 Å². The summed E-state index contributed by atoms with van der Waals surface area (Å²) in [7, 11) is 1.30. The molecule has 0 radical (unpaired) electrons. The van der Waals surface area contributed by atoms with Gasteiger partial charge in [0.1, 0.15) is 24.4 Å². The largest absolute Gasteiger partial charge is 0.394 e. The molecule has 0 aromatic carbocycles. The van der Waals surface area contributed by atoms with Crippen LogP contribution in [0.3, 0.4) is 0 Å². The summed E-state index contributed by atoms with van der Waals surface area (Å²) in [4.78, 5) is 0. The third-order valence-electron chi connectivity index (χ3n) is 2.08. The summed E-state index contributed by atoms with van der Waals surface area (Å²) in [6, 6.07) is 0. The van der Waals surface area contributed by atoms with Gasteiger partial charge >= 0.3 is 0 Å². The van der Waals surface area contributed by atoms with Crippen molar-refractivity contribution in [1.82, 2.24) is 0 Å². The Bertz CT molecular complexity index is 143. The van der Waals surface area contributed by atoms with Gasteiger partial charge in [0.05, 0.1) is 6.61 Å². The molecule has 78 valence electrons. The molecule has 1 saturated heterocycles. The van der Waals surface area contributed by atoms with E-state index in [1.54, 1.807) is 0 Å². The van der Waals surface area contributed by atoms with Crippen LogP contribution >= 0.6 is 0 Å². The van der Waals surface area contributed by atoms with E-state index in [0.717, 1.165) is 0 Å². The van der Waals surface area contributed by atoms with Crippen molar-refractivity contribution in [2.45, 2.75) is 30.7 Å². The molecule has 0 spiro atoms. The number of hydrogen-bond donors (Lipinski definition) is 4. The van der Waals surface area contributed by atoms with Crippen LogP contribution in [0.25, 0.3) is 0 Å². The highest BCUT2D eigenvalue weighted by Gasteiger charge is 2.43. The first-order valence-corrected chi connectivity index (χ1v) is 3.95. The van der Waals surface area contributed by atoms with Crippen LogP contribution < -0.4 is 0 Å². The molecule has 0 aromatic rings. The van der Waals surface area contributed by atoms with Crippen molar-refractivity contribution in [1.29, 1.82) is 0 Å². The molecular formula is C7H14O6. The standard InChI is InChI=1S/C7H14O6/c1-12-7-6(11)5(10)4(9)3(2-8)13-7/h3-11H,2H2,1H3/t3?,4-,5+,6-,7-/m1/s1. The molecule has 1 aliphatic rings. The number of rotatable bonds is 2. The number of hydrogen-bond acceptors (Lipinski definition) is 6. The average molecular weight is 194 g/mol. The first-order valence-electron chi connectivity index (χ1n) is 3.95. The predicted molar refractivity (Wildman–Crippen MR) is 40.8 cm³/mol. The van der Waals surface area contributed by atoms with Crippen LogP contribution in [-0.2, 0) is 9.47 Å². The minimum Gasteiger partial charge on any atom is -0.394 e. The zero-order chi connectivity index (χ0) is 10.0. The number of aliphatic hydroxyl groups is 4. The molecule has 1 rings (SSSR count). The van der Waals surface area contributed by atoms with Crippen molar-refractivity contribution in [3.63, 3.8) is 0 Å². The van der Waals surface area contributed by atoms with Gasteiger partial charge in [0, 0.05) is 7.11 Å². The SMILES string of the molecule is CO[C@@H]1OC(CO)[C@@H](O)[C@H](O)[C@H]1O. The lowest BCUT2D eigenvalue weighted by atomic mass is 9.99. The fraction of sp³-hybridized carbons (Fsp3) is 1.00. The van der Waals surface area contributed by atoms with E-state index >= 15 is 0 Å². The van der Waals surface area contributed by atoms with Crippen LogP contribution in [0.15, 0.2) is 0 Å². The zero-order valence-corrected chi connectivity index (χ0v) is 7.20. The lowest BCUT2D eigenvalue weighted by molar-refractivity contribution is -0.294. The van der Waals surface area contributed by atoms with E-state index in [4.69, 9.17) is 14.6 Å². The molecule has 1 heterocycles. The third kappa shape index (κ3) is 1.98. The van der Waals surface area contributed by atoms with Gasteiger partial charge in [-0.05, 0) is 0 Å². The van der Waals surface area contributed by atoms with E-state index in [-0.39, 0.29) is 0 Å². The van der Waals surface area contributed by atoms with Gasteiger partial charge < -0.3 is 29.9 Å². The van der Waals surface area contributed by atoms with Crippen LogP contribution in [0, 0.1) is 0 Å². The summed E-state index contributed by atoms with van der Waals surface area (Å²) in [6.07, 6.45) is -5.91. The van der Waals surface area contributed by atoms with Crippen LogP contribution in [0.1, 0.15) is 0 Å². The molecule has 0 amide bonds. The summed E-state index contributed by atoms with van der Waals surface area (Å²) in [5.74, 6) is 0. The summed E-state index contributed by atoms with van der Waals surface area (Å²) < 4.78 is 9.65. The molecule has 0 aliphatic carbocycles. The highest BCUT2D eigenvalue weighted by molar-refractivity contribution is 4.88. The van der Waals surface area contributed by atoms with Crippen molar-refractivity contribution in [3.05, 3.63) is 0 Å². The minimum absolute atomic E-state index is 0.440. The number of ether oxygens (including phenoxy) is 2. The maximum atomic E-state index is 9.28. The summed E-state index contributed by atoms with van der Waals surface area (Å²) >= 11 is 0. The second-order valence-corrected chi connectivity index (χ2v) is 2.93. The first kappa shape index (κ1) is 10.8. The molecule has 0 aromatic heterocycles. The van der Waals surface area contributed by atoms with Gasteiger partial charge in [0.25, 0.3) is 0 Å². The molecular weight excluding hydrogens is 180 g/mol. The third-order valence-corrected chi connectivity index (χ3v) is 2.08. The van der Waals surface area contributed by atoms with E-state index < -0.39 is 37.3 Å². The summed E-state index contributed by atoms with van der Waals surface area (Å²) in [5, 5.41) is 36.6. The second-order valence-electron chi connectivity index (χ2n) is 2.93. The van der Waals surface area contributed by atoms with Gasteiger partial charge in [-0.15, -0.1) is 0 Å². The van der Waals surface area contributed by atoms with E-state index in [9.17, 15) is 15.3 Å². The van der Waals surface area contributed by atoms with Gasteiger partial charge in [-0.2, -0.15) is 0 Å². The van der Waals surface area contributed by atoms with E-state index in [0.29, 0.717) is 0 Å². The van der Waals surface area contributed by atoms with Gasteiger partial charge in [0.2, 0.25) is 0 Å². The van der Waals surface area contributed by atoms with E-state index in [2.05, 4.69) is 0 Å². The summed E-state index contributed by atoms with van der Waals surface area (Å²) in [5.41, 5.74) is 0. The first-order chi connectivity index (χ1) is 6.11. The maximum absolute atomic E-state index is 9.28. The lowest BCUT2D eigenvalue weighted by Gasteiger charge is -2.38. The second kappa shape index (κ2) is 4.32. The topological polar surface area (TPSA) is 99.4 Å². The number of methoxy groups -OCH3 is 1. The molecule has 6 heteroatoms. The Kier molecular flexibility index (Phi) is 3.60. The van der Waals surface area contributed by atoms with Crippen LogP contribution in [0.5, 0.6) is 0 Å². The normalized spacial score (nSPS) is 46.4. The van der Waals surface area contributed by atoms with Crippen molar-refractivity contribution in [3.8, 4) is 0 Å². The molecule has 1 fully saturated rings. The van der Waals surface area contributed by atoms with Gasteiger partial charge in [-0.3, -0.25) is 0 Å². The fourth-order valence-electron chi connectivity index (χ4n) is 1.26. The molecule has 1 unspecified atom stereocenters. The monoisotopic (exact) mass is 194 g/mol. The molecule has 4 N–H and O–H groups in total. The van der Waals surface area contributed by atoms with Crippen molar-refractivity contribution < 1.29 is 29.9 Å². The van der Waals surface area contributed by atoms with E-state index in [1.165, 1.54) is 7.11 Å². The average Bonchev–Trinajstić information content (AvgIpc) is 2.15. The molecule has 13 heavy (non-hydrogen) atoms. The Labute approximate surface area is 75.3 Å². The van der Waals surface area contributed by atoms with Gasteiger partial charge in [-0.1, -0.05) is 0 Å². The minimum atomic E-state index is -1.36. The number of aliphatic hydroxyl groups excluding tert-OH is 4. The summed E-state index contributed by atoms with van der Waals surface area (Å²) in [6.45, 7) is -0.440. The highest BCUT2D eigenvalue weighted by atomic mass is 16.7. The fourth-order valence-corrected chi connectivity index (χ4v) is 1.26. The predicted octanol–water partition coefficient (Wildman–Crippen LogP) is -2.57. The Morgan fingerprint density at radius 3 is 2.23 bits per heavy atom. The van der Waals surface area contributed by atoms with Gasteiger partial charge in [-0.25, -0.2) is 0 Å². The van der Waals surface area contributed by atoms with Crippen LogP contribution in [0.4, 0.5) is 0 Å². The molecule has 0 bridgehead atoms. The van der Waals surface area contributed by atoms with Gasteiger partial charge in [0.15, 0.2) is 6.29 Å². The molecule has 0 saturated carbocycles. The van der Waals surface area contributed by atoms with Crippen LogP contribution in [-0.4, -0.2) is 64.8 Å². The Morgan fingerprint density at radius 1 is 1.15 bits per heavy atom. The smallest absolute Gasteiger partial charge is 0.186 e.